The number of rotatable bonds is 3. The molecule has 0 bridgehead atoms. The number of aromatic nitrogens is 2. The lowest BCUT2D eigenvalue weighted by molar-refractivity contribution is -0.255. The van der Waals surface area contributed by atoms with Crippen molar-refractivity contribution in [1.82, 2.24) is 9.97 Å². The van der Waals surface area contributed by atoms with E-state index in [9.17, 15) is 14.7 Å². The zero-order valence-corrected chi connectivity index (χ0v) is 12.9. The maximum Gasteiger partial charge on any atom is 0.276 e. The maximum atomic E-state index is 12.2. The van der Waals surface area contributed by atoms with Gasteiger partial charge in [0.1, 0.15) is 5.69 Å². The Morgan fingerprint density at radius 3 is 2.14 bits per heavy atom. The molecule has 6 nitrogen and oxygen atoms in total. The van der Waals surface area contributed by atoms with Gasteiger partial charge in [-0.15, -0.1) is 0 Å². The largest absolute Gasteiger partial charge is 0.543 e. The second kappa shape index (κ2) is 6.01. The van der Waals surface area contributed by atoms with Crippen molar-refractivity contribution in [2.45, 2.75) is 13.8 Å². The lowest BCUT2D eigenvalue weighted by Crippen LogP contribution is -2.28. The number of aryl methyl sites for hydroxylation is 2. The highest BCUT2D eigenvalue weighted by molar-refractivity contribution is 9.10. The van der Waals surface area contributed by atoms with Gasteiger partial charge in [-0.25, -0.2) is 4.98 Å². The van der Waals surface area contributed by atoms with Crippen molar-refractivity contribution in [3.05, 3.63) is 51.5 Å². The molecule has 0 aliphatic heterocycles. The van der Waals surface area contributed by atoms with E-state index < -0.39 is 17.6 Å². The van der Waals surface area contributed by atoms with Crippen LogP contribution in [0, 0.1) is 13.8 Å². The lowest BCUT2D eigenvalue weighted by Gasteiger charge is -2.13. The van der Waals surface area contributed by atoms with Crippen LogP contribution >= 0.6 is 15.9 Å². The lowest BCUT2D eigenvalue weighted by atomic mass is 10.1. The summed E-state index contributed by atoms with van der Waals surface area (Å²) in [5.41, 5.74) is 1.53. The maximum absolute atomic E-state index is 12.2. The minimum atomic E-state index is -1.54. The van der Waals surface area contributed by atoms with E-state index in [1.807, 2.05) is 26.0 Å². The first-order chi connectivity index (χ1) is 9.90. The molecule has 2 rings (SSSR count). The van der Waals surface area contributed by atoms with E-state index in [-0.39, 0.29) is 5.69 Å². The van der Waals surface area contributed by atoms with Crippen LogP contribution in [0.2, 0.25) is 0 Å². The number of nitrogens with one attached hydrogen (secondary N) is 1. The number of carbonyl (C=O) groups is 2. The summed E-state index contributed by atoms with van der Waals surface area (Å²) in [5.74, 6) is -2.19. The Kier molecular flexibility index (Phi) is 4.32. The Morgan fingerprint density at radius 1 is 1.10 bits per heavy atom. The van der Waals surface area contributed by atoms with E-state index in [1.165, 1.54) is 12.4 Å². The number of anilines is 1. The molecule has 0 atom stereocenters. The molecule has 2 aromatic rings. The van der Waals surface area contributed by atoms with Crippen LogP contribution < -0.4 is 10.4 Å². The van der Waals surface area contributed by atoms with E-state index >= 15 is 0 Å². The number of amides is 1. The highest BCUT2D eigenvalue weighted by Gasteiger charge is 2.17. The average Bonchev–Trinajstić information content (AvgIpc) is 2.42. The summed E-state index contributed by atoms with van der Waals surface area (Å²) in [6, 6.07) is 3.69. The summed E-state index contributed by atoms with van der Waals surface area (Å²) in [6.45, 7) is 3.67. The van der Waals surface area contributed by atoms with E-state index in [0.717, 1.165) is 15.6 Å². The average molecular weight is 349 g/mol. The molecule has 0 aliphatic rings. The molecule has 1 heterocycles. The zero-order chi connectivity index (χ0) is 15.6. The number of hydrogen-bond acceptors (Lipinski definition) is 5. The first-order valence-electron chi connectivity index (χ1n) is 6.00. The molecule has 0 spiro atoms. The second-order valence-corrected chi connectivity index (χ2v) is 5.33. The number of nitrogens with zero attached hydrogens (tertiary/aromatic N) is 2. The van der Waals surface area contributed by atoms with E-state index in [1.54, 1.807) is 0 Å². The Bertz CT molecular complexity index is 708. The standard InChI is InChI=1S/C14H12BrN3O3/c1-7-5-9(15)6-8(2)10(7)18-13(19)11-12(14(20)21)17-4-3-16-11/h3-6H,1-2H3,(H,18,19)(H,20,21)/p-1. The summed E-state index contributed by atoms with van der Waals surface area (Å²) < 4.78 is 0.894. The number of carbonyl (C=O) groups excluding carboxylic acids is 2. The third-order valence-corrected chi connectivity index (χ3v) is 3.30. The fraction of sp³-hybridized carbons (Fsp3) is 0.143. The molecule has 0 aliphatic carbocycles. The van der Waals surface area contributed by atoms with E-state index in [4.69, 9.17) is 0 Å². The third kappa shape index (κ3) is 3.25. The fourth-order valence-electron chi connectivity index (χ4n) is 1.93. The van der Waals surface area contributed by atoms with E-state index in [2.05, 4.69) is 31.2 Å². The molecular weight excluding hydrogens is 338 g/mol. The van der Waals surface area contributed by atoms with Crippen LogP contribution in [0.25, 0.3) is 0 Å². The molecule has 0 saturated carbocycles. The zero-order valence-electron chi connectivity index (χ0n) is 11.3. The second-order valence-electron chi connectivity index (χ2n) is 4.41. The predicted molar refractivity (Wildman–Crippen MR) is 77.9 cm³/mol. The van der Waals surface area contributed by atoms with E-state index in [0.29, 0.717) is 5.69 Å². The summed E-state index contributed by atoms with van der Waals surface area (Å²) in [6.07, 6.45) is 2.45. The summed E-state index contributed by atoms with van der Waals surface area (Å²) >= 11 is 3.37. The normalized spacial score (nSPS) is 10.2. The summed E-state index contributed by atoms with van der Waals surface area (Å²) in [4.78, 5) is 30.5. The monoisotopic (exact) mass is 348 g/mol. The van der Waals surface area contributed by atoms with Gasteiger partial charge in [-0.3, -0.25) is 9.78 Å². The number of aromatic carboxylic acids is 1. The SMILES string of the molecule is Cc1cc(Br)cc(C)c1NC(=O)c1nccnc1C(=O)[O-]. The third-order valence-electron chi connectivity index (χ3n) is 2.84. The molecule has 1 aromatic heterocycles. The molecule has 7 heteroatoms. The van der Waals surface area contributed by atoms with Gasteiger partial charge in [0.15, 0.2) is 5.69 Å². The molecule has 0 radical (unpaired) electrons. The van der Waals surface area contributed by atoms with Crippen LogP contribution in [0.15, 0.2) is 29.0 Å². The summed E-state index contributed by atoms with van der Waals surface area (Å²) in [7, 11) is 0. The predicted octanol–water partition coefficient (Wildman–Crippen LogP) is 1.47. The van der Waals surface area contributed by atoms with Gasteiger partial charge in [0.25, 0.3) is 5.91 Å². The smallest absolute Gasteiger partial charge is 0.276 e. The number of benzene rings is 1. The highest BCUT2D eigenvalue weighted by Crippen LogP contribution is 2.25. The van der Waals surface area contributed by atoms with Crippen molar-refractivity contribution in [3.63, 3.8) is 0 Å². The molecule has 21 heavy (non-hydrogen) atoms. The van der Waals surface area contributed by atoms with Crippen LogP contribution in [0.1, 0.15) is 32.1 Å². The molecule has 0 unspecified atom stereocenters. The number of hydrogen-bond donors (Lipinski definition) is 1. The molecule has 1 N–H and O–H groups in total. The van der Waals surface area contributed by atoms with Crippen LogP contribution in [0.3, 0.4) is 0 Å². The molecule has 0 fully saturated rings. The summed E-state index contributed by atoms with van der Waals surface area (Å²) in [5, 5.41) is 13.6. The van der Waals surface area contributed by atoms with Gasteiger partial charge in [0.2, 0.25) is 0 Å². The fourth-order valence-corrected chi connectivity index (χ4v) is 2.62. The van der Waals surface area contributed by atoms with Crippen LogP contribution in [-0.2, 0) is 0 Å². The topological polar surface area (TPSA) is 95.0 Å². The quantitative estimate of drug-likeness (QED) is 0.906. The minimum absolute atomic E-state index is 0.279. The van der Waals surface area contributed by atoms with Gasteiger partial charge >= 0.3 is 0 Å². The van der Waals surface area contributed by atoms with Gasteiger partial charge in [-0.05, 0) is 37.1 Å². The number of carboxylic acids is 1. The van der Waals surface area contributed by atoms with Gasteiger partial charge in [-0.1, -0.05) is 15.9 Å². The molecular formula is C14H11BrN3O3-. The van der Waals surface area contributed by atoms with Crippen molar-refractivity contribution in [2.24, 2.45) is 0 Å². The Morgan fingerprint density at radius 2 is 1.62 bits per heavy atom. The van der Waals surface area contributed by atoms with Gasteiger partial charge < -0.3 is 15.2 Å². The Labute approximate surface area is 129 Å². The van der Waals surface area contributed by atoms with Gasteiger partial charge in [-0.2, -0.15) is 0 Å². The van der Waals surface area contributed by atoms with Crippen molar-refractivity contribution < 1.29 is 14.7 Å². The van der Waals surface area contributed by atoms with Crippen molar-refractivity contribution in [1.29, 1.82) is 0 Å². The van der Waals surface area contributed by atoms with Crippen LogP contribution in [-0.4, -0.2) is 21.8 Å². The number of halogens is 1. The van der Waals surface area contributed by atoms with Gasteiger partial charge in [0, 0.05) is 22.6 Å². The minimum Gasteiger partial charge on any atom is -0.543 e. The highest BCUT2D eigenvalue weighted by atomic mass is 79.9. The van der Waals surface area contributed by atoms with Crippen LogP contribution in [0.4, 0.5) is 5.69 Å². The Balaban J connectivity index is 2.38. The first-order valence-corrected chi connectivity index (χ1v) is 6.80. The molecule has 108 valence electrons. The van der Waals surface area contributed by atoms with Crippen molar-refractivity contribution in [3.8, 4) is 0 Å². The van der Waals surface area contributed by atoms with Crippen LogP contribution in [0.5, 0.6) is 0 Å². The number of carboxylic acid groups (broad SMARTS) is 1. The van der Waals surface area contributed by atoms with Crippen molar-refractivity contribution in [2.75, 3.05) is 5.32 Å². The first kappa shape index (κ1) is 15.1. The molecule has 0 saturated heterocycles. The Hall–Kier alpha value is -2.28. The van der Waals surface area contributed by atoms with Crippen molar-refractivity contribution >= 4 is 33.5 Å². The van der Waals surface area contributed by atoms with Gasteiger partial charge in [0.05, 0.1) is 5.97 Å². The molecule has 1 aromatic carbocycles. The molecule has 1 amide bonds.